The topological polar surface area (TPSA) is 70.7 Å². The average Bonchev–Trinajstić information content (AvgIpc) is 3.31. The summed E-state index contributed by atoms with van der Waals surface area (Å²) in [6.07, 6.45) is -2.91. The second-order valence-corrected chi connectivity index (χ2v) is 6.55. The van der Waals surface area contributed by atoms with Gasteiger partial charge in [0.15, 0.2) is 5.01 Å². The fourth-order valence-corrected chi connectivity index (χ4v) is 3.15. The van der Waals surface area contributed by atoms with E-state index in [1.807, 2.05) is 0 Å². The van der Waals surface area contributed by atoms with Crippen molar-refractivity contribution in [3.05, 3.63) is 64.6 Å². The number of anilines is 1. The third-order valence-corrected chi connectivity index (χ3v) is 4.62. The van der Waals surface area contributed by atoms with Crippen LogP contribution < -0.4 is 5.32 Å². The number of hydrogen-bond acceptors (Lipinski definition) is 4. The van der Waals surface area contributed by atoms with E-state index in [9.17, 15) is 18.0 Å². The zero-order valence-electron chi connectivity index (χ0n) is 13.5. The first kappa shape index (κ1) is 17.2. The lowest BCUT2D eigenvalue weighted by Crippen LogP contribution is -2.11. The number of rotatable bonds is 3. The summed E-state index contributed by atoms with van der Waals surface area (Å²) in [7, 11) is 0. The van der Waals surface area contributed by atoms with Crippen LogP contribution >= 0.6 is 11.3 Å². The minimum atomic E-state index is -4.44. The molecule has 4 rings (SSSR count). The second kappa shape index (κ2) is 6.51. The lowest BCUT2D eigenvalue weighted by molar-refractivity contribution is -0.137. The standard InChI is InChI=1S/C18H11F3N4OS/c19-18(20,21)11-4-1-3-10(9-11)15-23-12-5-2-6-13(14(12)25-15)24-16(26)17-22-7-8-27-17/h1-9H,(H,23,25)(H,24,26). The summed E-state index contributed by atoms with van der Waals surface area (Å²) in [5.41, 5.74) is 1.05. The van der Waals surface area contributed by atoms with Crippen LogP contribution in [0.25, 0.3) is 22.4 Å². The Morgan fingerprint density at radius 1 is 1.15 bits per heavy atom. The van der Waals surface area contributed by atoms with E-state index in [1.54, 1.807) is 29.6 Å². The van der Waals surface area contributed by atoms with Gasteiger partial charge in [-0.1, -0.05) is 18.2 Å². The van der Waals surface area contributed by atoms with Crippen LogP contribution in [0.3, 0.4) is 0 Å². The van der Waals surface area contributed by atoms with Gasteiger partial charge in [0.05, 0.1) is 16.8 Å². The van der Waals surface area contributed by atoms with Gasteiger partial charge in [-0.05, 0) is 24.3 Å². The normalized spacial score (nSPS) is 11.7. The fraction of sp³-hybridized carbons (Fsp3) is 0.0556. The molecular weight excluding hydrogens is 377 g/mol. The number of nitrogens with one attached hydrogen (secondary N) is 2. The van der Waals surface area contributed by atoms with Crippen LogP contribution in [0.4, 0.5) is 18.9 Å². The highest BCUT2D eigenvalue weighted by Crippen LogP contribution is 2.32. The smallest absolute Gasteiger partial charge is 0.338 e. The molecule has 2 N–H and O–H groups in total. The predicted octanol–water partition coefficient (Wildman–Crippen LogP) is 4.96. The molecular formula is C18H11F3N4OS. The Kier molecular flexibility index (Phi) is 4.15. The van der Waals surface area contributed by atoms with Crippen molar-refractivity contribution < 1.29 is 18.0 Å². The van der Waals surface area contributed by atoms with E-state index in [0.717, 1.165) is 12.1 Å². The first-order valence-electron chi connectivity index (χ1n) is 7.79. The summed E-state index contributed by atoms with van der Waals surface area (Å²) >= 11 is 1.20. The maximum Gasteiger partial charge on any atom is 0.416 e. The van der Waals surface area contributed by atoms with E-state index in [1.165, 1.54) is 23.6 Å². The quantitative estimate of drug-likeness (QED) is 0.521. The van der Waals surface area contributed by atoms with E-state index in [0.29, 0.717) is 27.3 Å². The summed E-state index contributed by atoms with van der Waals surface area (Å²) in [5.74, 6) is -0.0897. The molecule has 0 unspecified atom stereocenters. The molecule has 0 aliphatic carbocycles. The summed E-state index contributed by atoms with van der Waals surface area (Å²) < 4.78 is 38.8. The van der Waals surface area contributed by atoms with Crippen LogP contribution in [0.1, 0.15) is 15.4 Å². The third kappa shape index (κ3) is 3.41. The van der Waals surface area contributed by atoms with Crippen LogP contribution in [0.5, 0.6) is 0 Å². The lowest BCUT2D eigenvalue weighted by Gasteiger charge is -2.07. The number of thiazole rings is 1. The minimum Gasteiger partial charge on any atom is -0.338 e. The van der Waals surface area contributed by atoms with Crippen LogP contribution in [0, 0.1) is 0 Å². The van der Waals surface area contributed by atoms with Gasteiger partial charge in [0.25, 0.3) is 5.91 Å². The fourth-order valence-electron chi connectivity index (χ4n) is 2.62. The van der Waals surface area contributed by atoms with Crippen LogP contribution in [0.15, 0.2) is 54.0 Å². The molecule has 0 aliphatic rings. The molecule has 0 bridgehead atoms. The molecule has 0 fully saturated rings. The molecule has 2 aromatic heterocycles. The Balaban J connectivity index is 1.72. The van der Waals surface area contributed by atoms with Crippen molar-refractivity contribution in [3.63, 3.8) is 0 Å². The highest BCUT2D eigenvalue weighted by Gasteiger charge is 2.30. The number of aromatic amines is 1. The van der Waals surface area contributed by atoms with Gasteiger partial charge in [0, 0.05) is 17.1 Å². The van der Waals surface area contributed by atoms with Gasteiger partial charge in [-0.15, -0.1) is 11.3 Å². The van der Waals surface area contributed by atoms with Gasteiger partial charge >= 0.3 is 6.18 Å². The van der Waals surface area contributed by atoms with Crippen molar-refractivity contribution in [3.8, 4) is 11.4 Å². The van der Waals surface area contributed by atoms with Crippen molar-refractivity contribution in [2.45, 2.75) is 6.18 Å². The molecule has 5 nitrogen and oxygen atoms in total. The van der Waals surface area contributed by atoms with E-state index < -0.39 is 11.7 Å². The third-order valence-electron chi connectivity index (χ3n) is 3.85. The monoisotopic (exact) mass is 388 g/mol. The van der Waals surface area contributed by atoms with Gasteiger partial charge in [-0.25, -0.2) is 9.97 Å². The predicted molar refractivity (Wildman–Crippen MR) is 96.6 cm³/mol. The van der Waals surface area contributed by atoms with E-state index in [4.69, 9.17) is 0 Å². The first-order chi connectivity index (χ1) is 12.9. The van der Waals surface area contributed by atoms with E-state index in [2.05, 4.69) is 20.3 Å². The number of carbonyl (C=O) groups excluding carboxylic acids is 1. The average molecular weight is 388 g/mol. The number of H-pyrrole nitrogens is 1. The molecule has 0 atom stereocenters. The Labute approximate surface area is 154 Å². The highest BCUT2D eigenvalue weighted by molar-refractivity contribution is 7.11. The second-order valence-electron chi connectivity index (χ2n) is 5.66. The molecule has 1 amide bonds. The number of imidazole rings is 1. The van der Waals surface area contributed by atoms with Crippen LogP contribution in [-0.4, -0.2) is 20.9 Å². The van der Waals surface area contributed by atoms with Crippen LogP contribution in [0.2, 0.25) is 0 Å². The Morgan fingerprint density at radius 2 is 1.96 bits per heavy atom. The Morgan fingerprint density at radius 3 is 2.70 bits per heavy atom. The zero-order chi connectivity index (χ0) is 19.0. The van der Waals surface area contributed by atoms with Gasteiger partial charge in [-0.2, -0.15) is 13.2 Å². The van der Waals surface area contributed by atoms with E-state index >= 15 is 0 Å². The maximum absolute atomic E-state index is 12.9. The maximum atomic E-state index is 12.9. The lowest BCUT2D eigenvalue weighted by atomic mass is 10.1. The molecule has 2 aromatic carbocycles. The van der Waals surface area contributed by atoms with Gasteiger partial charge in [0.2, 0.25) is 0 Å². The zero-order valence-corrected chi connectivity index (χ0v) is 14.4. The molecule has 4 aromatic rings. The molecule has 0 spiro atoms. The molecule has 9 heteroatoms. The Hall–Kier alpha value is -3.20. The molecule has 136 valence electrons. The number of amides is 1. The molecule has 0 aliphatic heterocycles. The number of nitrogens with zero attached hydrogens (tertiary/aromatic N) is 2. The number of aromatic nitrogens is 3. The number of benzene rings is 2. The number of halogens is 3. The molecule has 2 heterocycles. The summed E-state index contributed by atoms with van der Waals surface area (Å²) in [6, 6.07) is 10.0. The molecule has 0 radical (unpaired) electrons. The molecule has 0 saturated heterocycles. The van der Waals surface area contributed by atoms with Crippen LogP contribution in [-0.2, 0) is 6.18 Å². The van der Waals surface area contributed by atoms with Crippen molar-refractivity contribution >= 4 is 34.0 Å². The SMILES string of the molecule is O=C(Nc1cccc2[nH]c(-c3cccc(C(F)(F)F)c3)nc12)c1nccs1. The van der Waals surface area contributed by atoms with Crippen molar-refractivity contribution in [2.75, 3.05) is 5.32 Å². The van der Waals surface area contributed by atoms with Gasteiger partial charge in [-0.3, -0.25) is 4.79 Å². The van der Waals surface area contributed by atoms with Crippen molar-refractivity contribution in [1.82, 2.24) is 15.0 Å². The largest absolute Gasteiger partial charge is 0.416 e. The first-order valence-corrected chi connectivity index (χ1v) is 8.67. The molecule has 0 saturated carbocycles. The van der Waals surface area contributed by atoms with Crippen molar-refractivity contribution in [2.24, 2.45) is 0 Å². The minimum absolute atomic E-state index is 0.284. The van der Waals surface area contributed by atoms with Gasteiger partial charge < -0.3 is 10.3 Å². The number of hydrogen-bond donors (Lipinski definition) is 2. The van der Waals surface area contributed by atoms with Gasteiger partial charge in [0.1, 0.15) is 11.3 Å². The molecule has 27 heavy (non-hydrogen) atoms. The number of alkyl halides is 3. The highest BCUT2D eigenvalue weighted by atomic mass is 32.1. The Bertz CT molecular complexity index is 1120. The van der Waals surface area contributed by atoms with Crippen molar-refractivity contribution in [1.29, 1.82) is 0 Å². The van der Waals surface area contributed by atoms with E-state index in [-0.39, 0.29) is 11.7 Å². The summed E-state index contributed by atoms with van der Waals surface area (Å²) in [5, 5.41) is 4.73. The number of carbonyl (C=O) groups is 1. The summed E-state index contributed by atoms with van der Waals surface area (Å²) in [6.45, 7) is 0. The number of fused-ring (bicyclic) bond motifs is 1. The number of para-hydroxylation sites is 1. The summed E-state index contributed by atoms with van der Waals surface area (Å²) in [4.78, 5) is 23.6.